The highest BCUT2D eigenvalue weighted by Crippen LogP contribution is 2.22. The SMILES string of the molecule is O=C(NCCC(O)C(O)c1ccc2ncc(Cl)nc2c1)OCc1ccccc1. The fraction of sp³-hybridized carbons (Fsp3) is 0.250. The van der Waals surface area contributed by atoms with Gasteiger partial charge < -0.3 is 20.3 Å². The number of halogens is 1. The van der Waals surface area contributed by atoms with E-state index in [1.165, 1.54) is 6.20 Å². The van der Waals surface area contributed by atoms with Gasteiger partial charge in [-0.1, -0.05) is 48.0 Å². The van der Waals surface area contributed by atoms with Crippen LogP contribution in [0.1, 0.15) is 23.7 Å². The van der Waals surface area contributed by atoms with Crippen LogP contribution in [0.15, 0.2) is 54.7 Å². The third-order valence-corrected chi connectivity index (χ3v) is 4.35. The Morgan fingerprint density at radius 1 is 1.14 bits per heavy atom. The smallest absolute Gasteiger partial charge is 0.407 e. The Kier molecular flexibility index (Phi) is 6.76. The van der Waals surface area contributed by atoms with Gasteiger partial charge in [0.15, 0.2) is 0 Å². The molecule has 0 saturated heterocycles. The van der Waals surface area contributed by atoms with Crippen molar-refractivity contribution >= 4 is 28.7 Å². The number of carbonyl (C=O) groups is 1. The molecular weight excluding hydrogens is 382 g/mol. The zero-order valence-corrected chi connectivity index (χ0v) is 15.7. The number of rotatable bonds is 7. The van der Waals surface area contributed by atoms with E-state index in [2.05, 4.69) is 15.3 Å². The number of fused-ring (bicyclic) bond motifs is 1. The van der Waals surface area contributed by atoms with Crippen LogP contribution in [-0.4, -0.2) is 38.9 Å². The Morgan fingerprint density at radius 2 is 1.93 bits per heavy atom. The first-order valence-electron chi connectivity index (χ1n) is 8.76. The summed E-state index contributed by atoms with van der Waals surface area (Å²) in [7, 11) is 0. The Bertz CT molecular complexity index is 939. The number of nitrogens with one attached hydrogen (secondary N) is 1. The molecule has 0 spiro atoms. The third-order valence-electron chi connectivity index (χ3n) is 4.17. The molecular formula is C20H20ClN3O4. The number of amides is 1. The van der Waals surface area contributed by atoms with Crippen LogP contribution in [0.3, 0.4) is 0 Å². The fourth-order valence-corrected chi connectivity index (χ4v) is 2.81. The number of benzene rings is 2. The lowest BCUT2D eigenvalue weighted by Crippen LogP contribution is -2.29. The quantitative estimate of drug-likeness (QED) is 0.562. The van der Waals surface area contributed by atoms with Crippen molar-refractivity contribution in [2.75, 3.05) is 6.54 Å². The Balaban J connectivity index is 1.47. The third kappa shape index (κ3) is 5.39. The van der Waals surface area contributed by atoms with Crippen LogP contribution >= 0.6 is 11.6 Å². The molecule has 3 N–H and O–H groups in total. The maximum atomic E-state index is 11.7. The van der Waals surface area contributed by atoms with Gasteiger partial charge in [-0.3, -0.25) is 4.98 Å². The molecule has 0 bridgehead atoms. The van der Waals surface area contributed by atoms with E-state index in [0.29, 0.717) is 16.6 Å². The lowest BCUT2D eigenvalue weighted by Gasteiger charge is -2.18. The van der Waals surface area contributed by atoms with Crippen molar-refractivity contribution in [3.8, 4) is 0 Å². The maximum absolute atomic E-state index is 11.7. The van der Waals surface area contributed by atoms with Gasteiger partial charge in [0.05, 0.1) is 23.3 Å². The highest BCUT2D eigenvalue weighted by atomic mass is 35.5. The second-order valence-electron chi connectivity index (χ2n) is 6.23. The highest BCUT2D eigenvalue weighted by molar-refractivity contribution is 6.29. The minimum Gasteiger partial charge on any atom is -0.445 e. The Labute approximate surface area is 167 Å². The van der Waals surface area contributed by atoms with Crippen LogP contribution in [0.25, 0.3) is 11.0 Å². The summed E-state index contributed by atoms with van der Waals surface area (Å²) >= 11 is 5.84. The van der Waals surface area contributed by atoms with Crippen molar-refractivity contribution in [2.24, 2.45) is 0 Å². The normalized spacial score (nSPS) is 13.1. The molecule has 3 aromatic rings. The minimum atomic E-state index is -1.13. The average Bonchev–Trinajstić information content (AvgIpc) is 2.71. The monoisotopic (exact) mass is 401 g/mol. The zero-order valence-electron chi connectivity index (χ0n) is 15.0. The summed E-state index contributed by atoms with van der Waals surface area (Å²) in [6.07, 6.45) is -1.19. The van der Waals surface area contributed by atoms with Crippen LogP contribution in [0.2, 0.25) is 5.15 Å². The number of aliphatic hydroxyl groups is 2. The molecule has 0 aliphatic carbocycles. The second-order valence-corrected chi connectivity index (χ2v) is 6.62. The number of carbonyl (C=O) groups excluding carboxylic acids is 1. The van der Waals surface area contributed by atoms with Gasteiger partial charge in [-0.05, 0) is 29.7 Å². The highest BCUT2D eigenvalue weighted by Gasteiger charge is 2.19. The largest absolute Gasteiger partial charge is 0.445 e. The number of nitrogens with zero attached hydrogens (tertiary/aromatic N) is 2. The summed E-state index contributed by atoms with van der Waals surface area (Å²) in [4.78, 5) is 20.0. The molecule has 28 heavy (non-hydrogen) atoms. The number of aliphatic hydroxyl groups excluding tert-OH is 2. The molecule has 0 radical (unpaired) electrons. The van der Waals surface area contributed by atoms with Gasteiger partial charge in [-0.25, -0.2) is 9.78 Å². The number of hydrogen-bond acceptors (Lipinski definition) is 6. The zero-order chi connectivity index (χ0) is 19.9. The summed E-state index contributed by atoms with van der Waals surface area (Å²) in [5.41, 5.74) is 2.53. The number of hydrogen-bond donors (Lipinski definition) is 3. The van der Waals surface area contributed by atoms with Crippen LogP contribution in [-0.2, 0) is 11.3 Å². The van der Waals surface area contributed by atoms with Crippen molar-refractivity contribution in [3.05, 3.63) is 71.0 Å². The number of alkyl carbamates (subject to hydrolysis) is 1. The van der Waals surface area contributed by atoms with Gasteiger partial charge in [0.2, 0.25) is 0 Å². The molecule has 2 unspecified atom stereocenters. The van der Waals surface area contributed by atoms with Crippen LogP contribution in [0, 0.1) is 0 Å². The molecule has 3 rings (SSSR count). The molecule has 1 heterocycles. The molecule has 2 aromatic carbocycles. The first-order chi connectivity index (χ1) is 13.5. The van der Waals surface area contributed by atoms with E-state index in [4.69, 9.17) is 16.3 Å². The van der Waals surface area contributed by atoms with Gasteiger partial charge in [0.1, 0.15) is 17.9 Å². The first-order valence-corrected chi connectivity index (χ1v) is 9.13. The molecule has 2 atom stereocenters. The molecule has 1 aromatic heterocycles. The molecule has 0 saturated carbocycles. The van der Waals surface area contributed by atoms with Crippen molar-refractivity contribution in [1.82, 2.24) is 15.3 Å². The molecule has 146 valence electrons. The van der Waals surface area contributed by atoms with E-state index in [0.717, 1.165) is 5.56 Å². The Hall–Kier alpha value is -2.74. The summed E-state index contributed by atoms with van der Waals surface area (Å²) in [5, 5.41) is 23.4. The topological polar surface area (TPSA) is 105 Å². The van der Waals surface area contributed by atoms with Crippen LogP contribution in [0.5, 0.6) is 0 Å². The van der Waals surface area contributed by atoms with Gasteiger partial charge in [0, 0.05) is 6.54 Å². The molecule has 0 aliphatic heterocycles. The molecule has 0 aliphatic rings. The van der Waals surface area contributed by atoms with Crippen molar-refractivity contribution in [2.45, 2.75) is 25.2 Å². The molecule has 1 amide bonds. The summed E-state index contributed by atoms with van der Waals surface area (Å²) in [5.74, 6) is 0. The Morgan fingerprint density at radius 3 is 2.71 bits per heavy atom. The van der Waals surface area contributed by atoms with E-state index in [9.17, 15) is 15.0 Å². The van der Waals surface area contributed by atoms with Crippen molar-refractivity contribution < 1.29 is 19.7 Å². The van der Waals surface area contributed by atoms with Crippen molar-refractivity contribution in [1.29, 1.82) is 0 Å². The summed E-state index contributed by atoms with van der Waals surface area (Å²) < 4.78 is 5.09. The standard InChI is InChI=1S/C20H20ClN3O4/c21-18-11-23-15-7-6-14(10-16(15)24-18)19(26)17(25)8-9-22-20(27)28-12-13-4-2-1-3-5-13/h1-7,10-11,17,19,25-26H,8-9,12H2,(H,22,27). The molecule has 0 fully saturated rings. The van der Waals surface area contributed by atoms with Gasteiger partial charge in [-0.15, -0.1) is 0 Å². The van der Waals surface area contributed by atoms with E-state index in [-0.39, 0.29) is 24.7 Å². The summed E-state index contributed by atoms with van der Waals surface area (Å²) in [6, 6.07) is 14.3. The van der Waals surface area contributed by atoms with Gasteiger partial charge >= 0.3 is 6.09 Å². The van der Waals surface area contributed by atoms with Crippen LogP contribution in [0.4, 0.5) is 4.79 Å². The fourth-order valence-electron chi connectivity index (χ4n) is 2.67. The van der Waals surface area contributed by atoms with Crippen LogP contribution < -0.4 is 5.32 Å². The van der Waals surface area contributed by atoms with Gasteiger partial charge in [-0.2, -0.15) is 0 Å². The minimum absolute atomic E-state index is 0.154. The van der Waals surface area contributed by atoms with Crippen molar-refractivity contribution in [3.63, 3.8) is 0 Å². The maximum Gasteiger partial charge on any atom is 0.407 e. The van der Waals surface area contributed by atoms with Gasteiger partial charge in [0.25, 0.3) is 0 Å². The average molecular weight is 402 g/mol. The number of aromatic nitrogens is 2. The van der Waals surface area contributed by atoms with E-state index >= 15 is 0 Å². The first kappa shape index (κ1) is 20.0. The van der Waals surface area contributed by atoms with E-state index in [1.807, 2.05) is 30.3 Å². The predicted molar refractivity (Wildman–Crippen MR) is 105 cm³/mol. The lowest BCUT2D eigenvalue weighted by atomic mass is 10.0. The molecule has 8 heteroatoms. The second kappa shape index (κ2) is 9.45. The molecule has 7 nitrogen and oxygen atoms in total. The van der Waals surface area contributed by atoms with E-state index < -0.39 is 18.3 Å². The lowest BCUT2D eigenvalue weighted by molar-refractivity contribution is 0.0137. The predicted octanol–water partition coefficient (Wildman–Crippen LogP) is 2.99. The number of ether oxygens (including phenoxy) is 1. The summed E-state index contributed by atoms with van der Waals surface area (Å²) in [6.45, 7) is 0.323. The van der Waals surface area contributed by atoms with E-state index in [1.54, 1.807) is 18.2 Å².